The molecule has 0 spiro atoms. The first-order valence-electron chi connectivity index (χ1n) is 9.07. The molecule has 3 aromatic carbocycles. The summed E-state index contributed by atoms with van der Waals surface area (Å²) in [6.07, 6.45) is 5.38. The van der Waals surface area contributed by atoms with Crippen LogP contribution < -0.4 is 10.6 Å². The van der Waals surface area contributed by atoms with Crippen LogP contribution in [0.4, 0.5) is 5.69 Å². The van der Waals surface area contributed by atoms with E-state index in [0.717, 1.165) is 34.9 Å². The third-order valence-corrected chi connectivity index (χ3v) is 4.56. The Morgan fingerprint density at radius 1 is 0.889 bits per heavy atom. The molecule has 1 aliphatic carbocycles. The number of rotatable bonds is 5. The van der Waals surface area contributed by atoms with Crippen LogP contribution >= 0.6 is 0 Å². The Kier molecular flexibility index (Phi) is 4.71. The molecule has 0 unspecified atom stereocenters. The maximum atomic E-state index is 12.3. The molecular weight excluding hydrogens is 336 g/mol. The Morgan fingerprint density at radius 2 is 1.63 bits per heavy atom. The maximum Gasteiger partial charge on any atom is 0.251 e. The van der Waals surface area contributed by atoms with E-state index in [-0.39, 0.29) is 11.8 Å². The van der Waals surface area contributed by atoms with Gasteiger partial charge in [-0.25, -0.2) is 0 Å². The fourth-order valence-electron chi connectivity index (χ4n) is 2.92. The van der Waals surface area contributed by atoms with Gasteiger partial charge in [0.05, 0.1) is 0 Å². The van der Waals surface area contributed by atoms with Gasteiger partial charge < -0.3 is 10.6 Å². The Balaban J connectivity index is 1.41. The van der Waals surface area contributed by atoms with E-state index in [2.05, 4.69) is 10.6 Å². The molecule has 3 aromatic rings. The number of hydrogen-bond acceptors (Lipinski definition) is 2. The molecule has 1 saturated carbocycles. The van der Waals surface area contributed by atoms with Gasteiger partial charge in [0.1, 0.15) is 0 Å². The lowest BCUT2D eigenvalue weighted by atomic mass is 10.1. The Labute approximate surface area is 157 Å². The number of nitrogens with one attached hydrogen (secondary N) is 2. The highest BCUT2D eigenvalue weighted by atomic mass is 16.2. The van der Waals surface area contributed by atoms with Gasteiger partial charge in [0.25, 0.3) is 5.91 Å². The summed E-state index contributed by atoms with van der Waals surface area (Å²) in [6, 6.07) is 21.3. The molecule has 1 aliphatic rings. The summed E-state index contributed by atoms with van der Waals surface area (Å²) < 4.78 is 0. The van der Waals surface area contributed by atoms with E-state index in [1.807, 2.05) is 54.6 Å². The molecule has 134 valence electrons. The smallest absolute Gasteiger partial charge is 0.251 e. The zero-order chi connectivity index (χ0) is 18.6. The lowest BCUT2D eigenvalue weighted by Crippen LogP contribution is -2.25. The Hall–Kier alpha value is -3.40. The second kappa shape index (κ2) is 7.46. The minimum atomic E-state index is -0.193. The van der Waals surface area contributed by atoms with Crippen LogP contribution in [-0.2, 0) is 4.79 Å². The van der Waals surface area contributed by atoms with Crippen LogP contribution in [0.15, 0.2) is 72.8 Å². The molecule has 4 nitrogen and oxygen atoms in total. The summed E-state index contributed by atoms with van der Waals surface area (Å²) in [5.41, 5.74) is 2.29. The molecule has 27 heavy (non-hydrogen) atoms. The fourth-order valence-corrected chi connectivity index (χ4v) is 2.92. The monoisotopic (exact) mass is 356 g/mol. The van der Waals surface area contributed by atoms with E-state index in [4.69, 9.17) is 0 Å². The largest absolute Gasteiger partial charge is 0.349 e. The topological polar surface area (TPSA) is 58.2 Å². The Bertz CT molecular complexity index is 1010. The SMILES string of the molecule is O=C(/C=C/c1ccc(C(=O)NC2CC2)cc1)Nc1cccc2ccccc12. The molecule has 0 aliphatic heterocycles. The van der Waals surface area contributed by atoms with Crippen LogP contribution in [-0.4, -0.2) is 17.9 Å². The number of hydrogen-bond donors (Lipinski definition) is 2. The van der Waals surface area contributed by atoms with Crippen molar-refractivity contribution in [3.63, 3.8) is 0 Å². The molecule has 2 amide bonds. The Morgan fingerprint density at radius 3 is 2.41 bits per heavy atom. The number of fused-ring (bicyclic) bond motifs is 1. The van der Waals surface area contributed by atoms with Crippen molar-refractivity contribution < 1.29 is 9.59 Å². The summed E-state index contributed by atoms with van der Waals surface area (Å²) in [5, 5.41) is 7.97. The average Bonchev–Trinajstić information content (AvgIpc) is 3.51. The second-order valence-electron chi connectivity index (χ2n) is 6.72. The summed E-state index contributed by atoms with van der Waals surface area (Å²) >= 11 is 0. The van der Waals surface area contributed by atoms with Crippen LogP contribution in [0, 0.1) is 0 Å². The van der Waals surface area contributed by atoms with Gasteiger partial charge in [-0.3, -0.25) is 9.59 Å². The predicted octanol–water partition coefficient (Wildman–Crippen LogP) is 4.38. The lowest BCUT2D eigenvalue weighted by Gasteiger charge is -2.06. The highest BCUT2D eigenvalue weighted by molar-refractivity contribution is 6.07. The van der Waals surface area contributed by atoms with E-state index in [1.165, 1.54) is 6.08 Å². The second-order valence-corrected chi connectivity index (χ2v) is 6.72. The molecule has 2 N–H and O–H groups in total. The first-order chi connectivity index (χ1) is 13.2. The predicted molar refractivity (Wildman–Crippen MR) is 109 cm³/mol. The maximum absolute atomic E-state index is 12.3. The van der Waals surface area contributed by atoms with Crippen molar-refractivity contribution in [2.75, 3.05) is 5.32 Å². The zero-order valence-electron chi connectivity index (χ0n) is 14.8. The summed E-state index contributed by atoms with van der Waals surface area (Å²) in [4.78, 5) is 24.3. The molecule has 0 heterocycles. The van der Waals surface area contributed by atoms with Crippen LogP contribution in [0.3, 0.4) is 0 Å². The van der Waals surface area contributed by atoms with Gasteiger partial charge in [-0.05, 0) is 48.1 Å². The van der Waals surface area contributed by atoms with Crippen molar-refractivity contribution in [3.8, 4) is 0 Å². The van der Waals surface area contributed by atoms with Crippen molar-refractivity contribution in [1.29, 1.82) is 0 Å². The van der Waals surface area contributed by atoms with Crippen molar-refractivity contribution >= 4 is 34.4 Å². The summed E-state index contributed by atoms with van der Waals surface area (Å²) in [7, 11) is 0. The zero-order valence-corrected chi connectivity index (χ0v) is 14.8. The van der Waals surface area contributed by atoms with E-state index < -0.39 is 0 Å². The van der Waals surface area contributed by atoms with Crippen molar-refractivity contribution in [1.82, 2.24) is 5.32 Å². The summed E-state index contributed by atoms with van der Waals surface area (Å²) in [6.45, 7) is 0. The molecule has 0 saturated heterocycles. The van der Waals surface area contributed by atoms with Gasteiger partial charge >= 0.3 is 0 Å². The highest BCUT2D eigenvalue weighted by Crippen LogP contribution is 2.23. The van der Waals surface area contributed by atoms with E-state index >= 15 is 0 Å². The number of benzene rings is 3. The normalized spacial score (nSPS) is 13.6. The minimum absolute atomic E-state index is 0.0401. The third-order valence-electron chi connectivity index (χ3n) is 4.56. The van der Waals surface area contributed by atoms with Crippen molar-refractivity contribution in [2.24, 2.45) is 0 Å². The third kappa shape index (κ3) is 4.23. The molecule has 0 aromatic heterocycles. The molecule has 4 rings (SSSR count). The molecular formula is C23H20N2O2. The molecule has 1 fully saturated rings. The average molecular weight is 356 g/mol. The van der Waals surface area contributed by atoms with Gasteiger partial charge in [-0.1, -0.05) is 48.5 Å². The lowest BCUT2D eigenvalue weighted by molar-refractivity contribution is -0.111. The quantitative estimate of drug-likeness (QED) is 0.667. The molecule has 4 heteroatoms. The van der Waals surface area contributed by atoms with Gasteiger partial charge in [0.2, 0.25) is 5.91 Å². The number of carbonyl (C=O) groups is 2. The van der Waals surface area contributed by atoms with Crippen molar-refractivity contribution in [2.45, 2.75) is 18.9 Å². The first kappa shape index (κ1) is 17.0. The van der Waals surface area contributed by atoms with E-state index in [1.54, 1.807) is 18.2 Å². The van der Waals surface area contributed by atoms with E-state index in [9.17, 15) is 9.59 Å². The van der Waals surface area contributed by atoms with Crippen LogP contribution in [0.25, 0.3) is 16.8 Å². The highest BCUT2D eigenvalue weighted by Gasteiger charge is 2.23. The molecule has 0 radical (unpaired) electrons. The molecule has 0 atom stereocenters. The number of carbonyl (C=O) groups excluding carboxylic acids is 2. The van der Waals surface area contributed by atoms with Gasteiger partial charge in [-0.15, -0.1) is 0 Å². The fraction of sp³-hybridized carbons (Fsp3) is 0.130. The van der Waals surface area contributed by atoms with Crippen LogP contribution in [0.2, 0.25) is 0 Å². The van der Waals surface area contributed by atoms with Gasteiger partial charge in [0, 0.05) is 28.8 Å². The van der Waals surface area contributed by atoms with Crippen LogP contribution in [0.5, 0.6) is 0 Å². The summed E-state index contributed by atoms with van der Waals surface area (Å²) in [5.74, 6) is -0.233. The number of anilines is 1. The van der Waals surface area contributed by atoms with Crippen molar-refractivity contribution in [3.05, 3.63) is 83.9 Å². The minimum Gasteiger partial charge on any atom is -0.349 e. The van der Waals surface area contributed by atoms with Gasteiger partial charge in [-0.2, -0.15) is 0 Å². The standard InChI is InChI=1S/C23H20N2O2/c26-22(25-21-7-3-5-17-4-1-2-6-20(17)21)15-10-16-8-11-18(12-9-16)23(27)24-19-13-14-19/h1-12,15,19H,13-14H2,(H,24,27)(H,25,26)/b15-10+. The van der Waals surface area contributed by atoms with Crippen LogP contribution in [0.1, 0.15) is 28.8 Å². The first-order valence-corrected chi connectivity index (χ1v) is 9.07. The molecule has 0 bridgehead atoms. The van der Waals surface area contributed by atoms with E-state index in [0.29, 0.717) is 11.6 Å². The number of amides is 2. The van der Waals surface area contributed by atoms with Gasteiger partial charge in [0.15, 0.2) is 0 Å².